The van der Waals surface area contributed by atoms with Gasteiger partial charge in [0.2, 0.25) is 0 Å². The van der Waals surface area contributed by atoms with Crippen LogP contribution in [0.25, 0.3) is 22.5 Å². The number of piperidine rings is 1. The fourth-order valence-electron chi connectivity index (χ4n) is 5.59. The lowest BCUT2D eigenvalue weighted by Crippen LogP contribution is -2.35. The first-order valence-electron chi connectivity index (χ1n) is 15.3. The van der Waals surface area contributed by atoms with Crippen LogP contribution in [-0.2, 0) is 0 Å². The number of rotatable bonds is 7. The molecule has 45 heavy (non-hydrogen) atoms. The maximum Gasteiger partial charge on any atom is 0.187 e. The van der Waals surface area contributed by atoms with Crippen molar-refractivity contribution in [3.63, 3.8) is 0 Å². The molecular weight excluding hydrogens is 562 g/mol. The number of aromatic hydroxyl groups is 1. The number of hydrogen-bond acceptors (Lipinski definition) is 9. The maximum absolute atomic E-state index is 10.4. The number of nitrogens with zero attached hydrogens (tertiary/aromatic N) is 4. The molecule has 0 radical (unpaired) electrons. The Bertz CT molecular complexity index is 1450. The molecule has 4 aromatic rings. The van der Waals surface area contributed by atoms with Crippen LogP contribution in [0.1, 0.15) is 70.9 Å². The van der Waals surface area contributed by atoms with Gasteiger partial charge in [-0.1, -0.05) is 93.8 Å². The van der Waals surface area contributed by atoms with E-state index in [0.29, 0.717) is 23.6 Å². The SMILES string of the molecule is C.C.COc1c(NC2CCCCC2)ncnc1-c1ccc(C)cc1.Cc1ccc(-c2ncnc(NC3CCNCC3)c2O)cc1. The van der Waals surface area contributed by atoms with Crippen molar-refractivity contribution in [2.24, 2.45) is 0 Å². The minimum absolute atomic E-state index is 0. The molecule has 0 amide bonds. The zero-order valence-electron chi connectivity index (χ0n) is 25.4. The van der Waals surface area contributed by atoms with Crippen LogP contribution in [0.2, 0.25) is 0 Å². The van der Waals surface area contributed by atoms with E-state index in [-0.39, 0.29) is 20.6 Å². The number of ether oxygens (including phenoxy) is 1. The van der Waals surface area contributed by atoms with Gasteiger partial charge in [0.25, 0.3) is 0 Å². The normalized spacial score (nSPS) is 15.0. The molecule has 1 aliphatic carbocycles. The van der Waals surface area contributed by atoms with Crippen LogP contribution >= 0.6 is 0 Å². The van der Waals surface area contributed by atoms with Crippen molar-refractivity contribution in [3.8, 4) is 34.0 Å². The monoisotopic (exact) mass is 613 g/mol. The number of benzene rings is 2. The largest absolute Gasteiger partial charge is 0.503 e. The molecule has 2 aromatic heterocycles. The van der Waals surface area contributed by atoms with Crippen molar-refractivity contribution in [2.75, 3.05) is 30.8 Å². The summed E-state index contributed by atoms with van der Waals surface area (Å²) in [5.74, 6) is 2.18. The van der Waals surface area contributed by atoms with Crippen LogP contribution in [0.5, 0.6) is 11.5 Å². The van der Waals surface area contributed by atoms with E-state index in [4.69, 9.17) is 4.74 Å². The molecule has 0 atom stereocenters. The van der Waals surface area contributed by atoms with Gasteiger partial charge in [-0.2, -0.15) is 0 Å². The second kappa shape index (κ2) is 17.3. The smallest absolute Gasteiger partial charge is 0.187 e. The lowest BCUT2D eigenvalue weighted by atomic mass is 9.95. The Morgan fingerprint density at radius 2 is 1.16 bits per heavy atom. The van der Waals surface area contributed by atoms with Gasteiger partial charge < -0.3 is 25.8 Å². The van der Waals surface area contributed by atoms with Gasteiger partial charge in [0.05, 0.1) is 7.11 Å². The van der Waals surface area contributed by atoms with E-state index in [2.05, 4.69) is 67.1 Å². The predicted octanol–water partition coefficient (Wildman–Crippen LogP) is 7.80. The van der Waals surface area contributed by atoms with Gasteiger partial charge in [0, 0.05) is 23.2 Å². The summed E-state index contributed by atoms with van der Waals surface area (Å²) in [4.78, 5) is 17.2. The first-order chi connectivity index (χ1) is 21.0. The van der Waals surface area contributed by atoms with Gasteiger partial charge in [0.1, 0.15) is 24.0 Å². The van der Waals surface area contributed by atoms with Crippen LogP contribution in [0.4, 0.5) is 11.6 Å². The second-order valence-corrected chi connectivity index (χ2v) is 11.4. The van der Waals surface area contributed by atoms with Gasteiger partial charge in [-0.15, -0.1) is 0 Å². The van der Waals surface area contributed by atoms with E-state index < -0.39 is 0 Å². The van der Waals surface area contributed by atoms with Crippen molar-refractivity contribution in [1.29, 1.82) is 0 Å². The van der Waals surface area contributed by atoms with Crippen LogP contribution in [-0.4, -0.2) is 57.3 Å². The first-order valence-corrected chi connectivity index (χ1v) is 15.3. The highest BCUT2D eigenvalue weighted by Gasteiger charge is 2.20. The number of aryl methyl sites for hydroxylation is 2. The summed E-state index contributed by atoms with van der Waals surface area (Å²) in [7, 11) is 1.68. The number of nitrogens with one attached hydrogen (secondary N) is 3. The average molecular weight is 614 g/mol. The molecular formula is C36H51N7O2. The summed E-state index contributed by atoms with van der Waals surface area (Å²) in [5.41, 5.74) is 5.78. The van der Waals surface area contributed by atoms with Crippen molar-refractivity contribution < 1.29 is 9.84 Å². The maximum atomic E-state index is 10.4. The van der Waals surface area contributed by atoms with E-state index in [1.807, 2.05) is 31.2 Å². The minimum atomic E-state index is 0. The third-order valence-electron chi connectivity index (χ3n) is 8.11. The third kappa shape index (κ3) is 9.38. The molecule has 0 unspecified atom stereocenters. The highest BCUT2D eigenvalue weighted by Crippen LogP contribution is 2.35. The Morgan fingerprint density at radius 1 is 0.667 bits per heavy atom. The number of anilines is 2. The van der Waals surface area contributed by atoms with Gasteiger partial charge in [-0.25, -0.2) is 19.9 Å². The minimum Gasteiger partial charge on any atom is -0.503 e. The van der Waals surface area contributed by atoms with E-state index in [1.54, 1.807) is 13.4 Å². The molecule has 0 bridgehead atoms. The van der Waals surface area contributed by atoms with Crippen LogP contribution in [0.3, 0.4) is 0 Å². The van der Waals surface area contributed by atoms with E-state index in [1.165, 1.54) is 49.6 Å². The van der Waals surface area contributed by atoms with Crippen LogP contribution in [0, 0.1) is 13.8 Å². The lowest BCUT2D eigenvalue weighted by molar-refractivity contribution is 0.410. The summed E-state index contributed by atoms with van der Waals surface area (Å²) in [6.07, 6.45) is 11.5. The summed E-state index contributed by atoms with van der Waals surface area (Å²) >= 11 is 0. The fraction of sp³-hybridized carbons (Fsp3) is 0.444. The van der Waals surface area contributed by atoms with E-state index in [9.17, 15) is 5.11 Å². The fourth-order valence-corrected chi connectivity index (χ4v) is 5.59. The first kappa shape index (κ1) is 35.2. The van der Waals surface area contributed by atoms with E-state index in [0.717, 1.165) is 54.3 Å². The van der Waals surface area contributed by atoms with Gasteiger partial charge >= 0.3 is 0 Å². The van der Waals surface area contributed by atoms with Crippen LogP contribution < -0.4 is 20.7 Å². The van der Waals surface area contributed by atoms with Crippen molar-refractivity contribution >= 4 is 11.6 Å². The van der Waals surface area contributed by atoms with Crippen molar-refractivity contribution in [1.82, 2.24) is 25.3 Å². The Balaban J connectivity index is 0.000000235. The van der Waals surface area contributed by atoms with Gasteiger partial charge in [0.15, 0.2) is 23.1 Å². The molecule has 6 rings (SSSR count). The molecule has 9 heteroatoms. The summed E-state index contributed by atoms with van der Waals surface area (Å²) < 4.78 is 5.62. The topological polar surface area (TPSA) is 117 Å². The highest BCUT2D eigenvalue weighted by molar-refractivity contribution is 5.73. The Labute approximate surface area is 269 Å². The molecule has 2 fully saturated rings. The van der Waals surface area contributed by atoms with E-state index >= 15 is 0 Å². The summed E-state index contributed by atoms with van der Waals surface area (Å²) in [6.45, 7) is 6.10. The Morgan fingerprint density at radius 3 is 1.73 bits per heavy atom. The molecule has 2 aliphatic rings. The predicted molar refractivity (Wildman–Crippen MR) is 186 cm³/mol. The molecule has 1 saturated heterocycles. The number of hydrogen-bond donors (Lipinski definition) is 4. The standard InChI is InChI=1S/C18H23N3O.C16H20N4O.2CH4/c1-13-8-10-14(11-9-13)16-17(22-2)18(20-12-19-16)21-15-6-4-3-5-7-15;1-11-2-4-12(5-3-11)14-15(21)16(19-10-18-14)20-13-6-8-17-9-7-13;;/h8-12,15H,3-7H2,1-2H3,(H,19,20,21);2-5,10,13,17,21H,6-9H2,1H3,(H,18,19,20);2*1H4. The van der Waals surface area contributed by atoms with Crippen molar-refractivity contribution in [3.05, 3.63) is 72.3 Å². The molecule has 3 heterocycles. The average Bonchev–Trinajstić information content (AvgIpc) is 3.04. The molecule has 1 aliphatic heterocycles. The zero-order chi connectivity index (χ0) is 30.0. The molecule has 9 nitrogen and oxygen atoms in total. The molecule has 0 spiro atoms. The summed E-state index contributed by atoms with van der Waals surface area (Å²) in [6, 6.07) is 17.1. The van der Waals surface area contributed by atoms with Crippen LogP contribution in [0.15, 0.2) is 61.2 Å². The third-order valence-corrected chi connectivity index (χ3v) is 8.11. The molecule has 4 N–H and O–H groups in total. The number of methoxy groups -OCH3 is 1. The quantitative estimate of drug-likeness (QED) is 0.166. The molecule has 2 aromatic carbocycles. The Kier molecular flexibility index (Phi) is 13.5. The number of aromatic nitrogens is 4. The van der Waals surface area contributed by atoms with Crippen molar-refractivity contribution in [2.45, 2.75) is 85.7 Å². The lowest BCUT2D eigenvalue weighted by Gasteiger charge is -2.24. The van der Waals surface area contributed by atoms with Gasteiger partial charge in [-0.3, -0.25) is 0 Å². The van der Waals surface area contributed by atoms with Gasteiger partial charge in [-0.05, 0) is 52.6 Å². The highest BCUT2D eigenvalue weighted by atomic mass is 16.5. The summed E-state index contributed by atoms with van der Waals surface area (Å²) in [5, 5.41) is 20.6. The zero-order valence-corrected chi connectivity index (χ0v) is 25.4. The molecule has 242 valence electrons. The molecule has 1 saturated carbocycles. The Hall–Kier alpha value is -4.24. The second-order valence-electron chi connectivity index (χ2n) is 11.4.